The highest BCUT2D eigenvalue weighted by atomic mass is 16.1. The normalized spacial score (nSPS) is 12.1. The first kappa shape index (κ1) is 11.2. The predicted octanol–water partition coefficient (Wildman–Crippen LogP) is 4.05. The van der Waals surface area contributed by atoms with Crippen LogP contribution < -0.4 is 0 Å². The highest BCUT2D eigenvalue weighted by Gasteiger charge is 2.18. The molecular formula is C17H15O. The number of benzene rings is 2. The molecular weight excluding hydrogens is 220 g/mol. The van der Waals surface area contributed by atoms with Crippen molar-refractivity contribution < 1.29 is 4.79 Å². The van der Waals surface area contributed by atoms with E-state index >= 15 is 0 Å². The van der Waals surface area contributed by atoms with Crippen molar-refractivity contribution in [3.05, 3.63) is 66.1 Å². The fourth-order valence-corrected chi connectivity index (χ4v) is 2.62. The van der Waals surface area contributed by atoms with Gasteiger partial charge in [0.05, 0.1) is 0 Å². The van der Waals surface area contributed by atoms with E-state index in [2.05, 4.69) is 37.3 Å². The molecule has 0 aromatic heterocycles. The zero-order valence-corrected chi connectivity index (χ0v) is 10.3. The molecule has 1 aliphatic carbocycles. The molecule has 0 N–H and O–H groups in total. The fraction of sp³-hybridized carbons (Fsp3) is 0.176. The predicted molar refractivity (Wildman–Crippen MR) is 73.6 cm³/mol. The van der Waals surface area contributed by atoms with Crippen molar-refractivity contribution in [1.82, 2.24) is 0 Å². The number of hydrogen-bond donors (Lipinski definition) is 0. The number of hydrogen-bond acceptors (Lipinski definition) is 1. The van der Waals surface area contributed by atoms with E-state index in [1.807, 2.05) is 12.1 Å². The van der Waals surface area contributed by atoms with Crippen LogP contribution in [0.25, 0.3) is 11.1 Å². The van der Waals surface area contributed by atoms with Crippen LogP contribution in [0, 0.1) is 6.92 Å². The number of rotatable bonds is 3. The minimum atomic E-state index is 0.198. The molecule has 2 aromatic rings. The third kappa shape index (κ3) is 1.76. The van der Waals surface area contributed by atoms with E-state index in [1.165, 1.54) is 22.3 Å². The summed E-state index contributed by atoms with van der Waals surface area (Å²) >= 11 is 0. The van der Waals surface area contributed by atoms with Crippen LogP contribution in [-0.4, -0.2) is 5.78 Å². The van der Waals surface area contributed by atoms with Gasteiger partial charge in [0.1, 0.15) is 0 Å². The fourth-order valence-electron chi connectivity index (χ4n) is 2.62. The SMILES string of the molecule is [CH2]CCC(=O)c1ccc2c(c1)Cc1ccccc1-2. The van der Waals surface area contributed by atoms with Gasteiger partial charge in [-0.15, -0.1) is 0 Å². The lowest BCUT2D eigenvalue weighted by atomic mass is 10.00. The maximum absolute atomic E-state index is 11.9. The summed E-state index contributed by atoms with van der Waals surface area (Å²) in [6, 6.07) is 14.5. The van der Waals surface area contributed by atoms with E-state index in [0.29, 0.717) is 12.8 Å². The number of carbonyl (C=O) groups is 1. The summed E-state index contributed by atoms with van der Waals surface area (Å²) in [6.45, 7) is 3.74. The maximum atomic E-state index is 11.9. The molecule has 0 spiro atoms. The lowest BCUT2D eigenvalue weighted by Crippen LogP contribution is -1.98. The molecule has 0 amide bonds. The van der Waals surface area contributed by atoms with Crippen LogP contribution in [0.5, 0.6) is 0 Å². The summed E-state index contributed by atoms with van der Waals surface area (Å²) in [7, 11) is 0. The van der Waals surface area contributed by atoms with Crippen molar-refractivity contribution in [2.75, 3.05) is 0 Å². The van der Waals surface area contributed by atoms with Gasteiger partial charge >= 0.3 is 0 Å². The van der Waals surface area contributed by atoms with Crippen LogP contribution in [0.3, 0.4) is 0 Å². The molecule has 0 bridgehead atoms. The van der Waals surface area contributed by atoms with Gasteiger partial charge in [-0.3, -0.25) is 4.79 Å². The van der Waals surface area contributed by atoms with E-state index in [9.17, 15) is 4.79 Å². The Morgan fingerprint density at radius 2 is 1.83 bits per heavy atom. The zero-order valence-electron chi connectivity index (χ0n) is 10.3. The molecule has 1 radical (unpaired) electrons. The highest BCUT2D eigenvalue weighted by molar-refractivity contribution is 5.97. The molecule has 89 valence electrons. The van der Waals surface area contributed by atoms with E-state index in [4.69, 9.17) is 0 Å². The standard InChI is InChI=1S/C17H15O/c1-2-5-17(18)13-8-9-16-14(11-13)10-12-6-3-4-7-15(12)16/h3-4,6-9,11H,1-2,5,10H2. The van der Waals surface area contributed by atoms with Crippen LogP contribution in [0.4, 0.5) is 0 Å². The van der Waals surface area contributed by atoms with E-state index in [-0.39, 0.29) is 5.78 Å². The average molecular weight is 235 g/mol. The first-order valence-corrected chi connectivity index (χ1v) is 6.33. The van der Waals surface area contributed by atoms with Crippen LogP contribution >= 0.6 is 0 Å². The zero-order chi connectivity index (χ0) is 12.5. The molecule has 0 fully saturated rings. The number of Topliss-reactive ketones (excluding diaryl/α,β-unsaturated/α-hetero) is 1. The van der Waals surface area contributed by atoms with Gasteiger partial charge in [-0.1, -0.05) is 43.3 Å². The second-order valence-corrected chi connectivity index (χ2v) is 4.73. The first-order chi connectivity index (χ1) is 8.79. The Morgan fingerprint density at radius 3 is 2.67 bits per heavy atom. The number of carbonyl (C=O) groups excluding carboxylic acids is 1. The van der Waals surface area contributed by atoms with Gasteiger partial charge in [0.15, 0.2) is 5.78 Å². The molecule has 0 heterocycles. The number of fused-ring (bicyclic) bond motifs is 3. The molecule has 1 heteroatoms. The molecule has 0 unspecified atom stereocenters. The molecule has 0 saturated carbocycles. The third-order valence-electron chi connectivity index (χ3n) is 3.52. The monoisotopic (exact) mass is 235 g/mol. The Bertz CT molecular complexity index is 611. The van der Waals surface area contributed by atoms with Crippen molar-refractivity contribution in [3.8, 4) is 11.1 Å². The summed E-state index contributed by atoms with van der Waals surface area (Å²) in [5.74, 6) is 0.198. The van der Waals surface area contributed by atoms with E-state index in [0.717, 1.165) is 12.0 Å². The van der Waals surface area contributed by atoms with Gasteiger partial charge in [-0.05, 0) is 41.2 Å². The molecule has 1 nitrogen and oxygen atoms in total. The van der Waals surface area contributed by atoms with Crippen molar-refractivity contribution in [3.63, 3.8) is 0 Å². The van der Waals surface area contributed by atoms with Crippen LogP contribution in [-0.2, 0) is 6.42 Å². The summed E-state index contributed by atoms with van der Waals surface area (Å²) in [5, 5.41) is 0. The second kappa shape index (κ2) is 4.41. The summed E-state index contributed by atoms with van der Waals surface area (Å²) in [4.78, 5) is 11.9. The topological polar surface area (TPSA) is 17.1 Å². The van der Waals surface area contributed by atoms with Crippen LogP contribution in [0.2, 0.25) is 0 Å². The Kier molecular flexibility index (Phi) is 2.75. The Hall–Kier alpha value is -1.89. The summed E-state index contributed by atoms with van der Waals surface area (Å²) in [5.41, 5.74) is 6.03. The largest absolute Gasteiger partial charge is 0.294 e. The smallest absolute Gasteiger partial charge is 0.162 e. The maximum Gasteiger partial charge on any atom is 0.162 e. The van der Waals surface area contributed by atoms with Crippen LogP contribution in [0.1, 0.15) is 34.3 Å². The quantitative estimate of drug-likeness (QED) is 0.626. The molecule has 0 saturated heterocycles. The van der Waals surface area contributed by atoms with Crippen molar-refractivity contribution in [1.29, 1.82) is 0 Å². The number of ketones is 1. The highest BCUT2D eigenvalue weighted by Crippen LogP contribution is 2.36. The van der Waals surface area contributed by atoms with Gasteiger partial charge in [-0.2, -0.15) is 0 Å². The van der Waals surface area contributed by atoms with E-state index in [1.54, 1.807) is 0 Å². The average Bonchev–Trinajstić information content (AvgIpc) is 2.76. The Morgan fingerprint density at radius 1 is 1.06 bits per heavy atom. The third-order valence-corrected chi connectivity index (χ3v) is 3.52. The van der Waals surface area contributed by atoms with Crippen molar-refractivity contribution in [2.24, 2.45) is 0 Å². The summed E-state index contributed by atoms with van der Waals surface area (Å²) < 4.78 is 0. The van der Waals surface area contributed by atoms with E-state index < -0.39 is 0 Å². The lowest BCUT2D eigenvalue weighted by molar-refractivity contribution is 0.0983. The Balaban J connectivity index is 2.01. The van der Waals surface area contributed by atoms with Crippen molar-refractivity contribution >= 4 is 5.78 Å². The van der Waals surface area contributed by atoms with Gasteiger partial charge in [-0.25, -0.2) is 0 Å². The van der Waals surface area contributed by atoms with Gasteiger partial charge in [0.2, 0.25) is 0 Å². The van der Waals surface area contributed by atoms with Crippen LogP contribution in [0.15, 0.2) is 42.5 Å². The molecule has 0 atom stereocenters. The minimum absolute atomic E-state index is 0.198. The lowest BCUT2D eigenvalue weighted by Gasteiger charge is -2.04. The summed E-state index contributed by atoms with van der Waals surface area (Å²) in [6.07, 6.45) is 2.14. The second-order valence-electron chi connectivity index (χ2n) is 4.73. The molecule has 0 aliphatic heterocycles. The molecule has 18 heavy (non-hydrogen) atoms. The molecule has 1 aliphatic rings. The van der Waals surface area contributed by atoms with Gasteiger partial charge in [0.25, 0.3) is 0 Å². The Labute approximate surface area is 107 Å². The molecule has 3 rings (SSSR count). The van der Waals surface area contributed by atoms with Gasteiger partial charge in [0, 0.05) is 12.0 Å². The first-order valence-electron chi connectivity index (χ1n) is 6.33. The molecule has 2 aromatic carbocycles. The van der Waals surface area contributed by atoms with Crippen molar-refractivity contribution in [2.45, 2.75) is 19.3 Å². The van der Waals surface area contributed by atoms with Gasteiger partial charge < -0.3 is 0 Å². The minimum Gasteiger partial charge on any atom is -0.294 e.